The fourth-order valence-corrected chi connectivity index (χ4v) is 3.70. The van der Waals surface area contributed by atoms with Gasteiger partial charge in [0.25, 0.3) is 0 Å². The van der Waals surface area contributed by atoms with E-state index in [-0.39, 0.29) is 0 Å². The summed E-state index contributed by atoms with van der Waals surface area (Å²) in [7, 11) is 0. The van der Waals surface area contributed by atoms with Crippen molar-refractivity contribution in [1.82, 2.24) is 14.5 Å². The minimum absolute atomic E-state index is 0.436. The van der Waals surface area contributed by atoms with Crippen molar-refractivity contribution in [1.29, 1.82) is 5.26 Å². The van der Waals surface area contributed by atoms with Gasteiger partial charge in [-0.05, 0) is 43.6 Å². The quantitative estimate of drug-likeness (QED) is 0.862. The second kappa shape index (κ2) is 4.44. The molecular formula is C15H16N4S. The molecular weight excluding hydrogens is 268 g/mol. The first-order chi connectivity index (χ1) is 9.78. The van der Waals surface area contributed by atoms with Crippen LogP contribution in [0.15, 0.2) is 18.2 Å². The van der Waals surface area contributed by atoms with Crippen LogP contribution in [0, 0.1) is 16.1 Å². The summed E-state index contributed by atoms with van der Waals surface area (Å²) in [5, 5.41) is 9.20. The maximum Gasteiger partial charge on any atom is 0.178 e. The average Bonchev–Trinajstić information content (AvgIpc) is 3.09. The Morgan fingerprint density at radius 1 is 1.25 bits per heavy atom. The average molecular weight is 284 g/mol. The van der Waals surface area contributed by atoms with Crippen LogP contribution in [0.1, 0.15) is 30.9 Å². The van der Waals surface area contributed by atoms with Crippen molar-refractivity contribution in [2.24, 2.45) is 0 Å². The van der Waals surface area contributed by atoms with Gasteiger partial charge in [0.2, 0.25) is 0 Å². The lowest BCUT2D eigenvalue weighted by Gasteiger charge is -2.16. The highest BCUT2D eigenvalue weighted by molar-refractivity contribution is 7.71. The van der Waals surface area contributed by atoms with E-state index in [1.165, 1.54) is 19.4 Å². The fourth-order valence-electron chi connectivity index (χ4n) is 3.35. The van der Waals surface area contributed by atoms with Gasteiger partial charge in [-0.15, -0.1) is 0 Å². The number of likely N-dealkylation sites (tertiary alicyclic amines) is 1. The Labute approximate surface area is 122 Å². The molecule has 1 unspecified atom stereocenters. The molecule has 0 bridgehead atoms. The number of aromatic amines is 1. The van der Waals surface area contributed by atoms with Crippen LogP contribution in [-0.4, -0.2) is 33.6 Å². The molecule has 0 amide bonds. The largest absolute Gasteiger partial charge is 0.329 e. The van der Waals surface area contributed by atoms with Crippen molar-refractivity contribution in [2.45, 2.75) is 31.3 Å². The molecule has 1 saturated heterocycles. The molecule has 1 N–H and O–H groups in total. The molecule has 2 aromatic rings. The smallest absolute Gasteiger partial charge is 0.178 e. The Bertz CT molecular complexity index is 762. The Morgan fingerprint density at radius 2 is 2.10 bits per heavy atom. The van der Waals surface area contributed by atoms with E-state index in [1.807, 2.05) is 12.1 Å². The molecule has 1 saturated carbocycles. The minimum Gasteiger partial charge on any atom is -0.329 e. The number of para-hydroxylation sites is 1. The normalized spacial score (nSPS) is 23.2. The topological polar surface area (TPSA) is 47.8 Å². The number of aromatic nitrogens is 2. The Balaban J connectivity index is 1.78. The van der Waals surface area contributed by atoms with Gasteiger partial charge in [0.1, 0.15) is 6.07 Å². The molecule has 1 aliphatic heterocycles. The van der Waals surface area contributed by atoms with Gasteiger partial charge in [-0.1, -0.05) is 6.07 Å². The molecule has 102 valence electrons. The highest BCUT2D eigenvalue weighted by atomic mass is 32.1. The van der Waals surface area contributed by atoms with Crippen LogP contribution in [0.25, 0.3) is 11.0 Å². The van der Waals surface area contributed by atoms with E-state index < -0.39 is 0 Å². The van der Waals surface area contributed by atoms with Gasteiger partial charge in [-0.2, -0.15) is 5.26 Å². The summed E-state index contributed by atoms with van der Waals surface area (Å²) in [6.07, 6.45) is 3.85. The van der Waals surface area contributed by atoms with E-state index >= 15 is 0 Å². The lowest BCUT2D eigenvalue weighted by molar-refractivity contribution is 0.314. The lowest BCUT2D eigenvalue weighted by atomic mass is 10.2. The zero-order valence-corrected chi connectivity index (χ0v) is 12.0. The highest BCUT2D eigenvalue weighted by Gasteiger charge is 2.35. The van der Waals surface area contributed by atoms with Crippen LogP contribution in [0.4, 0.5) is 0 Å². The monoisotopic (exact) mass is 284 g/mol. The zero-order valence-electron chi connectivity index (χ0n) is 11.2. The van der Waals surface area contributed by atoms with Crippen molar-refractivity contribution >= 4 is 23.3 Å². The summed E-state index contributed by atoms with van der Waals surface area (Å²) in [6, 6.07) is 9.32. The van der Waals surface area contributed by atoms with Crippen molar-refractivity contribution in [3.8, 4) is 6.07 Å². The van der Waals surface area contributed by atoms with Crippen LogP contribution in [0.5, 0.6) is 0 Å². The van der Waals surface area contributed by atoms with Gasteiger partial charge < -0.3 is 9.55 Å². The van der Waals surface area contributed by atoms with Crippen molar-refractivity contribution in [3.05, 3.63) is 28.5 Å². The van der Waals surface area contributed by atoms with Crippen LogP contribution < -0.4 is 0 Å². The van der Waals surface area contributed by atoms with Crippen LogP contribution in [0.2, 0.25) is 0 Å². The summed E-state index contributed by atoms with van der Waals surface area (Å²) in [5.74, 6) is 0. The Hall–Kier alpha value is -1.64. The number of benzene rings is 1. The summed E-state index contributed by atoms with van der Waals surface area (Å²) in [5.41, 5.74) is 2.62. The molecule has 2 fully saturated rings. The van der Waals surface area contributed by atoms with Gasteiger partial charge in [-0.3, -0.25) is 4.90 Å². The minimum atomic E-state index is 0.436. The first kappa shape index (κ1) is 12.1. The van der Waals surface area contributed by atoms with E-state index in [1.54, 1.807) is 0 Å². The number of hydrogen-bond donors (Lipinski definition) is 1. The molecule has 4 nitrogen and oxygen atoms in total. The van der Waals surface area contributed by atoms with Crippen LogP contribution in [0.3, 0.4) is 0 Å². The molecule has 1 aromatic carbocycles. The molecule has 2 heterocycles. The predicted octanol–water partition coefficient (Wildman–Crippen LogP) is 2.98. The number of hydrogen-bond acceptors (Lipinski definition) is 3. The van der Waals surface area contributed by atoms with Crippen molar-refractivity contribution in [2.75, 3.05) is 13.1 Å². The molecule has 1 aliphatic carbocycles. The maximum absolute atomic E-state index is 9.20. The number of fused-ring (bicyclic) bond motifs is 1. The third kappa shape index (κ3) is 1.80. The van der Waals surface area contributed by atoms with Gasteiger partial charge in [-0.25, -0.2) is 0 Å². The second-order valence-electron chi connectivity index (χ2n) is 5.78. The third-order valence-corrected chi connectivity index (χ3v) is 4.80. The third-order valence-electron chi connectivity index (χ3n) is 4.50. The Kier molecular flexibility index (Phi) is 2.69. The molecule has 20 heavy (non-hydrogen) atoms. The summed E-state index contributed by atoms with van der Waals surface area (Å²) in [6.45, 7) is 2.25. The standard InChI is InChI=1S/C15H16N4S/c16-8-10-2-1-3-13-14(10)17-15(20)19(13)12-6-7-18(9-12)11-4-5-11/h1-3,11-12H,4-7,9H2,(H,17,20). The second-order valence-corrected chi connectivity index (χ2v) is 6.17. The van der Waals surface area contributed by atoms with Gasteiger partial charge in [0.05, 0.1) is 22.6 Å². The number of nitrogens with zero attached hydrogens (tertiary/aromatic N) is 3. The SMILES string of the molecule is N#Cc1cccc2c1[nH]c(=S)n2C1CCN(C2CC2)C1. The van der Waals surface area contributed by atoms with Gasteiger partial charge >= 0.3 is 0 Å². The van der Waals surface area contributed by atoms with Crippen molar-refractivity contribution in [3.63, 3.8) is 0 Å². The summed E-state index contributed by atoms with van der Waals surface area (Å²) < 4.78 is 2.96. The van der Waals surface area contributed by atoms with Gasteiger partial charge in [0, 0.05) is 19.1 Å². The van der Waals surface area contributed by atoms with E-state index in [0.29, 0.717) is 11.6 Å². The molecule has 1 atom stereocenters. The number of rotatable bonds is 2. The fraction of sp³-hybridized carbons (Fsp3) is 0.467. The first-order valence-corrected chi connectivity index (χ1v) is 7.56. The number of H-pyrrole nitrogens is 1. The van der Waals surface area contributed by atoms with E-state index in [2.05, 4.69) is 26.6 Å². The summed E-state index contributed by atoms with van der Waals surface area (Å²) in [4.78, 5) is 5.80. The number of imidazole rings is 1. The maximum atomic E-state index is 9.20. The van der Waals surface area contributed by atoms with Crippen molar-refractivity contribution < 1.29 is 0 Å². The highest BCUT2D eigenvalue weighted by Crippen LogP contribution is 2.35. The Morgan fingerprint density at radius 3 is 2.85 bits per heavy atom. The van der Waals surface area contributed by atoms with Crippen LogP contribution in [-0.2, 0) is 0 Å². The predicted molar refractivity (Wildman–Crippen MR) is 80.1 cm³/mol. The van der Waals surface area contributed by atoms with Gasteiger partial charge in [0.15, 0.2) is 4.77 Å². The molecule has 0 spiro atoms. The molecule has 4 rings (SSSR count). The first-order valence-electron chi connectivity index (χ1n) is 7.15. The number of nitrogens with one attached hydrogen (secondary N) is 1. The summed E-state index contributed by atoms with van der Waals surface area (Å²) >= 11 is 5.50. The molecule has 2 aliphatic rings. The number of nitriles is 1. The molecule has 5 heteroatoms. The van der Waals surface area contributed by atoms with Crippen LogP contribution >= 0.6 is 12.2 Å². The molecule has 1 aromatic heterocycles. The lowest BCUT2D eigenvalue weighted by Crippen LogP contribution is -2.23. The van der Waals surface area contributed by atoms with E-state index in [4.69, 9.17) is 12.2 Å². The van der Waals surface area contributed by atoms with E-state index in [0.717, 1.165) is 34.8 Å². The molecule has 0 radical (unpaired) electrons. The zero-order chi connectivity index (χ0) is 13.7. The van der Waals surface area contributed by atoms with E-state index in [9.17, 15) is 5.26 Å².